The van der Waals surface area contributed by atoms with Crippen molar-refractivity contribution in [1.82, 2.24) is 69.3 Å². The Bertz CT molecular complexity index is 2450. The number of nitrogens with one attached hydrogen (secondary N) is 1. The zero-order chi connectivity index (χ0) is 46.5. The van der Waals surface area contributed by atoms with Crippen molar-refractivity contribution in [2.24, 2.45) is 5.73 Å². The fourth-order valence-corrected chi connectivity index (χ4v) is 8.57. The highest BCUT2D eigenvalue weighted by atomic mass is 35.5. The zero-order valence-corrected chi connectivity index (χ0v) is 40.4. The summed E-state index contributed by atoms with van der Waals surface area (Å²) >= 11 is 6.30. The molecule has 356 valence electrons. The Kier molecular flexibility index (Phi) is 17.0. The summed E-state index contributed by atoms with van der Waals surface area (Å²) in [5, 5.41) is 3.86. The minimum absolute atomic E-state index is 0.330. The number of nitrogens with zero attached hydrogens (tertiary/aromatic N) is 16. The fourth-order valence-electron chi connectivity index (χ4n) is 8.35. The number of rotatable bonds is 10. The Hall–Kier alpha value is -5.31. The number of piperazine rings is 4. The van der Waals surface area contributed by atoms with Crippen LogP contribution in [-0.4, -0.2) is 228 Å². The number of hydrogen-bond donors (Lipinski definition) is 2. The number of likely N-dealkylation sites (N-methyl/N-ethyl adjacent to an activating group) is 4. The molecule has 0 spiro atoms. The third kappa shape index (κ3) is 13.2. The topological polar surface area (TPSA) is 167 Å². The van der Waals surface area contributed by atoms with Gasteiger partial charge in [-0.3, -0.25) is 9.80 Å². The molecule has 4 aliphatic rings. The number of aromatic nitrogens is 8. The van der Waals surface area contributed by atoms with Gasteiger partial charge in [0, 0.05) is 142 Å². The van der Waals surface area contributed by atoms with E-state index in [1.54, 1.807) is 6.20 Å². The summed E-state index contributed by atoms with van der Waals surface area (Å²) < 4.78 is 0. The van der Waals surface area contributed by atoms with E-state index >= 15 is 0 Å². The van der Waals surface area contributed by atoms with Crippen LogP contribution in [-0.2, 0) is 0 Å². The van der Waals surface area contributed by atoms with Gasteiger partial charge >= 0.3 is 0 Å². The van der Waals surface area contributed by atoms with Gasteiger partial charge in [-0.2, -0.15) is 0 Å². The number of fused-ring (bicyclic) bond motifs is 2. The molecule has 0 saturated carbocycles. The molecule has 0 radical (unpaired) electrons. The molecule has 0 aliphatic carbocycles. The lowest BCUT2D eigenvalue weighted by molar-refractivity contribution is 0.157. The summed E-state index contributed by atoms with van der Waals surface area (Å²) in [5.41, 5.74) is 9.77. The van der Waals surface area contributed by atoms with Crippen molar-refractivity contribution in [3.05, 3.63) is 78.2 Å². The zero-order valence-electron chi connectivity index (χ0n) is 39.7. The molecule has 0 amide bonds. The number of hydrogen-bond acceptors (Lipinski definition) is 18. The number of nitrogens with two attached hydrogens (primary N) is 1. The molecule has 4 saturated heterocycles. The monoisotopic (exact) mass is 931 g/mol. The van der Waals surface area contributed by atoms with Crippen LogP contribution >= 0.6 is 11.6 Å². The van der Waals surface area contributed by atoms with Crippen LogP contribution in [0.2, 0.25) is 5.15 Å². The van der Waals surface area contributed by atoms with E-state index in [1.807, 2.05) is 66.9 Å². The summed E-state index contributed by atoms with van der Waals surface area (Å²) in [4.78, 5) is 56.2. The van der Waals surface area contributed by atoms with Gasteiger partial charge in [-0.15, -0.1) is 0 Å². The molecule has 10 rings (SSSR count). The second kappa shape index (κ2) is 23.6. The highest BCUT2D eigenvalue weighted by Crippen LogP contribution is 2.26. The van der Waals surface area contributed by atoms with Crippen LogP contribution in [0.4, 0.5) is 17.5 Å². The Balaban J connectivity index is 0.000000156. The Labute approximate surface area is 400 Å². The van der Waals surface area contributed by atoms with E-state index in [2.05, 4.69) is 92.6 Å². The maximum Gasteiger partial charge on any atom is 0.186 e. The summed E-state index contributed by atoms with van der Waals surface area (Å²) in [5.74, 6) is 3.72. The first kappa shape index (κ1) is 48.2. The lowest BCUT2D eigenvalue weighted by atomic mass is 10.2. The normalized spacial score (nSPS) is 18.4. The largest absolute Gasteiger partial charge is 0.367 e. The Morgan fingerprint density at radius 1 is 0.493 bits per heavy atom. The van der Waals surface area contributed by atoms with Gasteiger partial charge < -0.3 is 40.4 Å². The number of halogens is 1. The molecule has 0 unspecified atom stereocenters. The van der Waals surface area contributed by atoms with E-state index in [1.165, 1.54) is 26.2 Å². The van der Waals surface area contributed by atoms with Crippen LogP contribution < -0.4 is 20.9 Å². The molecule has 8 heterocycles. The van der Waals surface area contributed by atoms with Crippen molar-refractivity contribution < 1.29 is 0 Å². The molecule has 3 N–H and O–H groups in total. The SMILES string of the molecule is CN1CCN(CCN)CC1.CN1CCN(CCNc2nc(-c3ccccc3)nc3nc(N4CCN(C)CC4)cnc23)CC1.CN1CCN(c2cnc3c(Cl)nc(-c4ccccc4)nc3n2)CC1. The molecule has 4 aromatic heterocycles. The highest BCUT2D eigenvalue weighted by Gasteiger charge is 2.21. The van der Waals surface area contributed by atoms with Crippen LogP contribution in [0.5, 0.6) is 0 Å². The lowest BCUT2D eigenvalue weighted by Gasteiger charge is -2.33. The molecule has 6 aromatic rings. The summed E-state index contributed by atoms with van der Waals surface area (Å²) in [6.07, 6.45) is 3.62. The second-order valence-electron chi connectivity index (χ2n) is 17.9. The molecule has 2 aromatic carbocycles. The van der Waals surface area contributed by atoms with Gasteiger partial charge in [0.1, 0.15) is 17.2 Å². The second-order valence-corrected chi connectivity index (χ2v) is 18.2. The molecule has 67 heavy (non-hydrogen) atoms. The van der Waals surface area contributed by atoms with Crippen LogP contribution in [0.3, 0.4) is 0 Å². The standard InChI is InChI=1S/C24H33N9.C17H17ClN6.C7H17N3/c1-30-10-14-32(15-11-30)9-8-25-23-21-24(29-22(28-23)19-6-4-3-5-7-19)27-20(18-26-21)33-16-12-31(2)13-17-33;1-23-7-9-24(10-8-23)13-11-19-14-15(18)21-16(22-17(14)20-13)12-5-3-2-4-6-12;1-9-4-6-10(3-2-8)7-5-9/h3-7,18H,8-17H2,1-2H3,(H,25,27,28,29);2-6,11H,7-10H2,1H3;2-8H2,1H3. The van der Waals surface area contributed by atoms with E-state index in [9.17, 15) is 0 Å². The minimum Gasteiger partial charge on any atom is -0.367 e. The number of benzene rings is 2. The molecule has 18 nitrogen and oxygen atoms in total. The molecule has 4 fully saturated rings. The predicted molar refractivity (Wildman–Crippen MR) is 271 cm³/mol. The first-order valence-electron chi connectivity index (χ1n) is 23.7. The van der Waals surface area contributed by atoms with Crippen molar-refractivity contribution >= 4 is 51.4 Å². The first-order chi connectivity index (χ1) is 32.7. The molecular weight excluding hydrogens is 864 g/mol. The van der Waals surface area contributed by atoms with Crippen molar-refractivity contribution in [2.75, 3.05) is 174 Å². The van der Waals surface area contributed by atoms with Crippen LogP contribution in [0.1, 0.15) is 0 Å². The van der Waals surface area contributed by atoms with Crippen molar-refractivity contribution in [1.29, 1.82) is 0 Å². The number of anilines is 3. The summed E-state index contributed by atoms with van der Waals surface area (Å²) in [6, 6.07) is 19.9. The van der Waals surface area contributed by atoms with Crippen molar-refractivity contribution in [3.8, 4) is 22.8 Å². The quantitative estimate of drug-likeness (QED) is 0.192. The molecule has 19 heteroatoms. The molecular formula is C48H67ClN18. The Morgan fingerprint density at radius 3 is 1.39 bits per heavy atom. The van der Waals surface area contributed by atoms with E-state index in [0.29, 0.717) is 33.6 Å². The van der Waals surface area contributed by atoms with Crippen LogP contribution in [0.25, 0.3) is 45.1 Å². The molecule has 0 bridgehead atoms. The van der Waals surface area contributed by atoms with Crippen LogP contribution in [0.15, 0.2) is 73.1 Å². The fraction of sp³-hybridized carbons (Fsp3) is 0.500. The third-order valence-electron chi connectivity index (χ3n) is 12.8. The van der Waals surface area contributed by atoms with Crippen molar-refractivity contribution in [2.45, 2.75) is 0 Å². The van der Waals surface area contributed by atoms with E-state index < -0.39 is 0 Å². The van der Waals surface area contributed by atoms with Gasteiger partial charge in [0.05, 0.1) is 12.4 Å². The summed E-state index contributed by atoms with van der Waals surface area (Å²) in [7, 11) is 8.63. The lowest BCUT2D eigenvalue weighted by Crippen LogP contribution is -2.45. The average Bonchev–Trinajstić information content (AvgIpc) is 3.36. The molecule has 0 atom stereocenters. The third-order valence-corrected chi connectivity index (χ3v) is 13.1. The maximum absolute atomic E-state index is 6.30. The predicted octanol–water partition coefficient (Wildman–Crippen LogP) is 3.18. The van der Waals surface area contributed by atoms with Crippen molar-refractivity contribution in [3.63, 3.8) is 0 Å². The average molecular weight is 932 g/mol. The van der Waals surface area contributed by atoms with Gasteiger partial charge in [-0.1, -0.05) is 72.3 Å². The smallest absolute Gasteiger partial charge is 0.186 e. The van der Waals surface area contributed by atoms with Crippen LogP contribution in [0, 0.1) is 0 Å². The van der Waals surface area contributed by atoms with Gasteiger partial charge in [-0.25, -0.2) is 39.9 Å². The van der Waals surface area contributed by atoms with E-state index in [0.717, 1.165) is 139 Å². The molecule has 4 aliphatic heterocycles. The summed E-state index contributed by atoms with van der Waals surface area (Å²) in [6.45, 7) is 20.7. The Morgan fingerprint density at radius 2 is 0.910 bits per heavy atom. The van der Waals surface area contributed by atoms with E-state index in [-0.39, 0.29) is 0 Å². The van der Waals surface area contributed by atoms with Gasteiger partial charge in [-0.05, 0) is 28.2 Å². The maximum atomic E-state index is 6.30. The highest BCUT2D eigenvalue weighted by molar-refractivity contribution is 6.33. The van der Waals surface area contributed by atoms with Gasteiger partial charge in [0.15, 0.2) is 39.4 Å². The van der Waals surface area contributed by atoms with Gasteiger partial charge in [0.25, 0.3) is 0 Å². The minimum atomic E-state index is 0.330. The first-order valence-corrected chi connectivity index (χ1v) is 24.1. The van der Waals surface area contributed by atoms with Gasteiger partial charge in [0.2, 0.25) is 0 Å². The van der Waals surface area contributed by atoms with E-state index in [4.69, 9.17) is 37.3 Å².